The third kappa shape index (κ3) is 14.6. The third-order valence-electron chi connectivity index (χ3n) is 4.16. The van der Waals surface area contributed by atoms with Crippen molar-refractivity contribution in [2.75, 3.05) is 12.0 Å². The van der Waals surface area contributed by atoms with Gasteiger partial charge in [-0.05, 0) is 24.3 Å². The van der Waals surface area contributed by atoms with Gasteiger partial charge in [-0.3, -0.25) is 0 Å². The van der Waals surface area contributed by atoms with Crippen molar-refractivity contribution in [2.45, 2.75) is 97.3 Å². The van der Waals surface area contributed by atoms with Crippen LogP contribution in [0, 0.1) is 5.92 Å². The van der Waals surface area contributed by atoms with Crippen molar-refractivity contribution in [3.8, 4) is 0 Å². The number of hydrogen-bond acceptors (Lipinski definition) is 1. The fraction of sp³-hybridized carbons (Fsp3) is 1.00. The van der Waals surface area contributed by atoms with Crippen LogP contribution in [0.2, 0.25) is 0 Å². The van der Waals surface area contributed by atoms with Gasteiger partial charge in [0, 0.05) is 0 Å². The molecule has 0 atom stereocenters. The van der Waals surface area contributed by atoms with E-state index in [0.717, 1.165) is 5.92 Å². The van der Waals surface area contributed by atoms with Crippen LogP contribution < -0.4 is 0 Å². The van der Waals surface area contributed by atoms with Crippen LogP contribution in [0.15, 0.2) is 0 Å². The van der Waals surface area contributed by atoms with Crippen molar-refractivity contribution in [1.82, 2.24) is 0 Å². The van der Waals surface area contributed by atoms with Crippen LogP contribution in [0.4, 0.5) is 0 Å². The molecule has 0 aliphatic heterocycles. The number of thioether (sulfide) groups is 1. The topological polar surface area (TPSA) is 0 Å². The van der Waals surface area contributed by atoms with Crippen molar-refractivity contribution < 1.29 is 0 Å². The van der Waals surface area contributed by atoms with Crippen LogP contribution >= 0.6 is 11.8 Å². The third-order valence-corrected chi connectivity index (χ3v) is 4.81. The van der Waals surface area contributed by atoms with Crippen molar-refractivity contribution in [3.05, 3.63) is 0 Å². The fourth-order valence-electron chi connectivity index (χ4n) is 2.79. The highest BCUT2D eigenvalue weighted by atomic mass is 32.2. The van der Waals surface area contributed by atoms with Gasteiger partial charge in [0.25, 0.3) is 0 Å². The number of unbranched alkanes of at least 4 members (excludes halogenated alkanes) is 8. The lowest BCUT2D eigenvalue weighted by Gasteiger charge is -2.16. The molecule has 0 unspecified atom stereocenters. The van der Waals surface area contributed by atoms with Gasteiger partial charge in [-0.25, -0.2) is 0 Å². The maximum Gasteiger partial charge on any atom is -0.00677 e. The molecule has 0 aromatic rings. The Balaban J connectivity index is 3.57. The lowest BCUT2D eigenvalue weighted by molar-refractivity contribution is 0.396. The zero-order chi connectivity index (χ0) is 14.2. The van der Waals surface area contributed by atoms with E-state index in [0.29, 0.717) is 0 Å². The first-order valence-corrected chi connectivity index (χ1v) is 10.2. The molecule has 0 rings (SSSR count). The highest BCUT2D eigenvalue weighted by Crippen LogP contribution is 2.23. The maximum absolute atomic E-state index is 2.30. The SMILES string of the molecule is CCCCCCCC(CCCCCCC)CCSC. The van der Waals surface area contributed by atoms with Crippen molar-refractivity contribution in [2.24, 2.45) is 5.92 Å². The van der Waals surface area contributed by atoms with E-state index in [1.54, 1.807) is 0 Å². The minimum atomic E-state index is 1.02. The molecule has 0 saturated heterocycles. The second kappa shape index (κ2) is 16.4. The lowest BCUT2D eigenvalue weighted by Crippen LogP contribution is -2.02. The van der Waals surface area contributed by atoms with Crippen LogP contribution in [0.5, 0.6) is 0 Å². The Morgan fingerprint density at radius 1 is 0.632 bits per heavy atom. The lowest BCUT2D eigenvalue weighted by atomic mass is 9.92. The monoisotopic (exact) mass is 286 g/mol. The van der Waals surface area contributed by atoms with E-state index in [2.05, 4.69) is 20.1 Å². The average Bonchev–Trinajstić information content (AvgIpc) is 2.43. The highest BCUT2D eigenvalue weighted by Gasteiger charge is 2.08. The van der Waals surface area contributed by atoms with Gasteiger partial charge in [0.2, 0.25) is 0 Å². The molecule has 0 bridgehead atoms. The molecule has 0 spiro atoms. The normalized spacial score (nSPS) is 11.4. The van der Waals surface area contributed by atoms with E-state index < -0.39 is 0 Å². The number of hydrogen-bond donors (Lipinski definition) is 0. The van der Waals surface area contributed by atoms with Crippen molar-refractivity contribution in [1.29, 1.82) is 0 Å². The van der Waals surface area contributed by atoms with E-state index in [4.69, 9.17) is 0 Å². The molecule has 19 heavy (non-hydrogen) atoms. The quantitative estimate of drug-likeness (QED) is 0.290. The predicted octanol–water partition coefficient (Wildman–Crippen LogP) is 7.08. The summed E-state index contributed by atoms with van der Waals surface area (Å²) in [6.07, 6.45) is 21.1. The summed E-state index contributed by atoms with van der Waals surface area (Å²) in [6, 6.07) is 0. The molecule has 0 aliphatic rings. The molecule has 1 heteroatoms. The van der Waals surface area contributed by atoms with E-state index in [1.165, 1.54) is 89.2 Å². The van der Waals surface area contributed by atoms with Gasteiger partial charge >= 0.3 is 0 Å². The Morgan fingerprint density at radius 2 is 1.11 bits per heavy atom. The molecule has 0 saturated carbocycles. The van der Waals surface area contributed by atoms with Gasteiger partial charge in [0.15, 0.2) is 0 Å². The van der Waals surface area contributed by atoms with Gasteiger partial charge in [0.1, 0.15) is 0 Å². The van der Waals surface area contributed by atoms with Gasteiger partial charge in [0.05, 0.1) is 0 Å². The largest absolute Gasteiger partial charge is 0.165 e. The Bertz CT molecular complexity index is 142. The summed E-state index contributed by atoms with van der Waals surface area (Å²) < 4.78 is 0. The zero-order valence-electron chi connectivity index (χ0n) is 13.9. The van der Waals surface area contributed by atoms with Crippen LogP contribution in [0.1, 0.15) is 97.3 Å². The van der Waals surface area contributed by atoms with Crippen LogP contribution in [-0.2, 0) is 0 Å². The number of rotatable bonds is 15. The van der Waals surface area contributed by atoms with Crippen LogP contribution in [0.25, 0.3) is 0 Å². The first-order valence-electron chi connectivity index (χ1n) is 8.84. The van der Waals surface area contributed by atoms with E-state index in [1.807, 2.05) is 11.8 Å². The van der Waals surface area contributed by atoms with Crippen molar-refractivity contribution >= 4 is 11.8 Å². The minimum absolute atomic E-state index is 1.02. The molecule has 0 heterocycles. The molecule has 0 aliphatic carbocycles. The Morgan fingerprint density at radius 3 is 1.53 bits per heavy atom. The molecular formula is C18H38S. The highest BCUT2D eigenvalue weighted by molar-refractivity contribution is 7.98. The summed E-state index contributed by atoms with van der Waals surface area (Å²) in [5, 5.41) is 0. The van der Waals surface area contributed by atoms with Gasteiger partial charge < -0.3 is 0 Å². The molecule has 0 aromatic carbocycles. The minimum Gasteiger partial charge on any atom is -0.165 e. The second-order valence-corrected chi connectivity index (χ2v) is 7.04. The molecule has 0 nitrogen and oxygen atoms in total. The first-order chi connectivity index (χ1) is 9.35. The summed E-state index contributed by atoms with van der Waals surface area (Å²) in [5.74, 6) is 2.39. The van der Waals surface area contributed by atoms with Gasteiger partial charge in [-0.15, -0.1) is 0 Å². The Kier molecular flexibility index (Phi) is 16.7. The fourth-order valence-corrected chi connectivity index (χ4v) is 3.36. The molecule has 0 amide bonds. The molecule has 0 radical (unpaired) electrons. The molecule has 0 aromatic heterocycles. The van der Waals surface area contributed by atoms with E-state index >= 15 is 0 Å². The second-order valence-electron chi connectivity index (χ2n) is 6.05. The predicted molar refractivity (Wildman–Crippen MR) is 93.2 cm³/mol. The van der Waals surface area contributed by atoms with E-state index in [-0.39, 0.29) is 0 Å². The Labute approximate surface area is 127 Å². The molecule has 0 N–H and O–H groups in total. The summed E-state index contributed by atoms with van der Waals surface area (Å²) in [7, 11) is 0. The summed E-state index contributed by atoms with van der Waals surface area (Å²) >= 11 is 2.02. The molecule has 116 valence electrons. The Hall–Kier alpha value is 0.350. The standard InChI is InChI=1S/C18H38S/c1-4-6-8-10-12-14-18(16-17-19-3)15-13-11-9-7-5-2/h18H,4-17H2,1-3H3. The summed E-state index contributed by atoms with van der Waals surface area (Å²) in [6.45, 7) is 4.61. The van der Waals surface area contributed by atoms with Crippen molar-refractivity contribution in [3.63, 3.8) is 0 Å². The average molecular weight is 287 g/mol. The zero-order valence-corrected chi connectivity index (χ0v) is 14.7. The van der Waals surface area contributed by atoms with E-state index in [9.17, 15) is 0 Å². The summed E-state index contributed by atoms with van der Waals surface area (Å²) in [4.78, 5) is 0. The molecular weight excluding hydrogens is 248 g/mol. The van der Waals surface area contributed by atoms with Gasteiger partial charge in [-0.2, -0.15) is 11.8 Å². The summed E-state index contributed by atoms with van der Waals surface area (Å²) in [5.41, 5.74) is 0. The maximum atomic E-state index is 2.30. The van der Waals surface area contributed by atoms with Crippen LogP contribution in [0.3, 0.4) is 0 Å². The van der Waals surface area contributed by atoms with Crippen LogP contribution in [-0.4, -0.2) is 12.0 Å². The van der Waals surface area contributed by atoms with Gasteiger partial charge in [-0.1, -0.05) is 90.9 Å². The first kappa shape index (κ1) is 19.4. The molecule has 0 fully saturated rings. The smallest absolute Gasteiger partial charge is 0.00677 e.